The fraction of sp³-hybridized carbons (Fsp3) is 0.700. The number of hydrogen-bond donors (Lipinski definition) is 1. The molecule has 0 saturated carbocycles. The quantitative estimate of drug-likeness (QED) is 0.631. The highest BCUT2D eigenvalue weighted by atomic mass is 14.7. The standard InChI is InChI=1S/C10H20N2/c1-6-12-9(7-8(2)11)10(3,4)5/h7H,6,11H2,1-5H3/b8-7+,12-9+. The molecule has 0 aliphatic heterocycles. The Balaban J connectivity index is 4.70. The lowest BCUT2D eigenvalue weighted by atomic mass is 9.89. The smallest absolute Gasteiger partial charge is 0.0418 e. The summed E-state index contributed by atoms with van der Waals surface area (Å²) in [6.45, 7) is 11.2. The SMILES string of the molecule is CC/N=C(\C=C(/C)N)C(C)(C)C. The number of rotatable bonds is 2. The minimum atomic E-state index is 0.0939. The molecule has 0 unspecified atom stereocenters. The molecule has 0 atom stereocenters. The lowest BCUT2D eigenvalue weighted by molar-refractivity contribution is 0.591. The van der Waals surface area contributed by atoms with E-state index in [2.05, 4.69) is 25.8 Å². The van der Waals surface area contributed by atoms with Crippen LogP contribution in [0, 0.1) is 5.41 Å². The molecule has 12 heavy (non-hydrogen) atoms. The molecule has 0 spiro atoms. The van der Waals surface area contributed by atoms with E-state index in [4.69, 9.17) is 5.73 Å². The number of aliphatic imine (C=N–C) groups is 1. The maximum atomic E-state index is 5.60. The zero-order valence-corrected chi connectivity index (χ0v) is 8.81. The van der Waals surface area contributed by atoms with Crippen LogP contribution in [0.3, 0.4) is 0 Å². The van der Waals surface area contributed by atoms with E-state index >= 15 is 0 Å². The fourth-order valence-electron chi connectivity index (χ4n) is 0.885. The van der Waals surface area contributed by atoms with E-state index in [1.165, 1.54) is 0 Å². The van der Waals surface area contributed by atoms with E-state index in [1.807, 2.05) is 19.9 Å². The zero-order valence-electron chi connectivity index (χ0n) is 8.81. The van der Waals surface area contributed by atoms with Gasteiger partial charge < -0.3 is 5.73 Å². The van der Waals surface area contributed by atoms with Crippen LogP contribution in [-0.2, 0) is 0 Å². The van der Waals surface area contributed by atoms with Crippen LogP contribution in [0.5, 0.6) is 0 Å². The van der Waals surface area contributed by atoms with Gasteiger partial charge in [0.2, 0.25) is 0 Å². The summed E-state index contributed by atoms with van der Waals surface area (Å²) in [5, 5.41) is 0. The first-order valence-electron chi connectivity index (χ1n) is 4.36. The molecule has 0 aromatic heterocycles. The van der Waals surface area contributed by atoms with Gasteiger partial charge in [-0.1, -0.05) is 20.8 Å². The normalized spacial score (nSPS) is 15.1. The summed E-state index contributed by atoms with van der Waals surface area (Å²) in [5.41, 5.74) is 7.59. The van der Waals surface area contributed by atoms with Crippen molar-refractivity contribution in [3.63, 3.8) is 0 Å². The van der Waals surface area contributed by atoms with Gasteiger partial charge in [-0.05, 0) is 19.9 Å². The second-order valence-corrected chi connectivity index (χ2v) is 4.00. The summed E-state index contributed by atoms with van der Waals surface area (Å²) in [7, 11) is 0. The molecular weight excluding hydrogens is 148 g/mol. The van der Waals surface area contributed by atoms with Gasteiger partial charge in [0, 0.05) is 23.4 Å². The van der Waals surface area contributed by atoms with Gasteiger partial charge in [0.1, 0.15) is 0 Å². The predicted octanol–water partition coefficient (Wildman–Crippen LogP) is 2.36. The lowest BCUT2D eigenvalue weighted by Gasteiger charge is -2.19. The van der Waals surface area contributed by atoms with E-state index in [-0.39, 0.29) is 5.41 Å². The maximum absolute atomic E-state index is 5.60. The molecule has 0 amide bonds. The first-order chi connectivity index (χ1) is 5.38. The van der Waals surface area contributed by atoms with Crippen molar-refractivity contribution in [1.29, 1.82) is 0 Å². The Labute approximate surface area is 75.6 Å². The first kappa shape index (κ1) is 11.2. The van der Waals surface area contributed by atoms with Crippen molar-refractivity contribution < 1.29 is 0 Å². The third kappa shape index (κ3) is 4.16. The zero-order chi connectivity index (χ0) is 9.78. The van der Waals surface area contributed by atoms with Gasteiger partial charge in [-0.15, -0.1) is 0 Å². The van der Waals surface area contributed by atoms with Gasteiger partial charge in [0.15, 0.2) is 0 Å². The summed E-state index contributed by atoms with van der Waals surface area (Å²) >= 11 is 0. The van der Waals surface area contributed by atoms with E-state index in [0.29, 0.717) is 0 Å². The van der Waals surface area contributed by atoms with Crippen LogP contribution in [0.1, 0.15) is 34.6 Å². The fourth-order valence-corrected chi connectivity index (χ4v) is 0.885. The summed E-state index contributed by atoms with van der Waals surface area (Å²) in [4.78, 5) is 4.40. The van der Waals surface area contributed by atoms with E-state index < -0.39 is 0 Å². The Morgan fingerprint density at radius 2 is 1.92 bits per heavy atom. The van der Waals surface area contributed by atoms with E-state index in [9.17, 15) is 0 Å². The van der Waals surface area contributed by atoms with Crippen LogP contribution < -0.4 is 5.73 Å². The van der Waals surface area contributed by atoms with Crippen LogP contribution in [0.15, 0.2) is 16.8 Å². The van der Waals surface area contributed by atoms with Gasteiger partial charge >= 0.3 is 0 Å². The van der Waals surface area contributed by atoms with E-state index in [1.54, 1.807) is 0 Å². The Hall–Kier alpha value is -0.790. The van der Waals surface area contributed by atoms with Crippen molar-refractivity contribution >= 4 is 5.71 Å². The lowest BCUT2D eigenvalue weighted by Crippen LogP contribution is -2.19. The van der Waals surface area contributed by atoms with Crippen molar-refractivity contribution in [1.82, 2.24) is 0 Å². The highest BCUT2D eigenvalue weighted by molar-refractivity contribution is 5.99. The van der Waals surface area contributed by atoms with Gasteiger partial charge in [0.25, 0.3) is 0 Å². The summed E-state index contributed by atoms with van der Waals surface area (Å²) in [6.07, 6.45) is 1.95. The highest BCUT2D eigenvalue weighted by Gasteiger charge is 2.15. The van der Waals surface area contributed by atoms with Crippen molar-refractivity contribution in [3.05, 3.63) is 11.8 Å². The molecule has 2 nitrogen and oxygen atoms in total. The molecule has 0 aliphatic carbocycles. The van der Waals surface area contributed by atoms with Crippen LogP contribution in [0.2, 0.25) is 0 Å². The Morgan fingerprint density at radius 1 is 1.42 bits per heavy atom. The second-order valence-electron chi connectivity index (χ2n) is 4.00. The second kappa shape index (κ2) is 4.29. The predicted molar refractivity (Wildman–Crippen MR) is 55.4 cm³/mol. The molecule has 2 heteroatoms. The molecule has 0 heterocycles. The van der Waals surface area contributed by atoms with Crippen molar-refractivity contribution in [2.24, 2.45) is 16.1 Å². The molecule has 0 aromatic rings. The molecule has 0 aliphatic rings. The topological polar surface area (TPSA) is 38.4 Å². The maximum Gasteiger partial charge on any atom is 0.0418 e. The molecular formula is C10H20N2. The molecule has 0 radical (unpaired) electrons. The van der Waals surface area contributed by atoms with E-state index in [0.717, 1.165) is 18.0 Å². The number of nitrogens with two attached hydrogens (primary N) is 1. The number of allylic oxidation sites excluding steroid dienone is 2. The van der Waals surface area contributed by atoms with Crippen LogP contribution in [0.25, 0.3) is 0 Å². The highest BCUT2D eigenvalue weighted by Crippen LogP contribution is 2.17. The largest absolute Gasteiger partial charge is 0.402 e. The molecule has 0 rings (SSSR count). The average Bonchev–Trinajstić information content (AvgIpc) is 1.83. The Morgan fingerprint density at radius 3 is 2.17 bits per heavy atom. The van der Waals surface area contributed by atoms with Crippen LogP contribution in [0.4, 0.5) is 0 Å². The summed E-state index contributed by atoms with van der Waals surface area (Å²) < 4.78 is 0. The van der Waals surface area contributed by atoms with Crippen molar-refractivity contribution in [3.8, 4) is 0 Å². The van der Waals surface area contributed by atoms with Crippen molar-refractivity contribution in [2.75, 3.05) is 6.54 Å². The average molecular weight is 168 g/mol. The molecule has 0 bridgehead atoms. The van der Waals surface area contributed by atoms with Gasteiger partial charge in [0.05, 0.1) is 0 Å². The number of hydrogen-bond acceptors (Lipinski definition) is 2. The van der Waals surface area contributed by atoms with Crippen molar-refractivity contribution in [2.45, 2.75) is 34.6 Å². The number of nitrogens with zero attached hydrogens (tertiary/aromatic N) is 1. The third-order valence-corrected chi connectivity index (χ3v) is 1.46. The first-order valence-corrected chi connectivity index (χ1v) is 4.36. The summed E-state index contributed by atoms with van der Waals surface area (Å²) in [6, 6.07) is 0. The van der Waals surface area contributed by atoms with Gasteiger partial charge in [-0.2, -0.15) is 0 Å². The van der Waals surface area contributed by atoms with Crippen LogP contribution in [-0.4, -0.2) is 12.3 Å². The molecule has 2 N–H and O–H groups in total. The third-order valence-electron chi connectivity index (χ3n) is 1.46. The molecule has 0 aromatic carbocycles. The minimum Gasteiger partial charge on any atom is -0.402 e. The Kier molecular flexibility index (Phi) is 4.01. The monoisotopic (exact) mass is 168 g/mol. The Bertz CT molecular complexity index is 190. The summed E-state index contributed by atoms with van der Waals surface area (Å²) in [5.74, 6) is 0. The minimum absolute atomic E-state index is 0.0939. The van der Waals surface area contributed by atoms with Gasteiger partial charge in [-0.3, -0.25) is 4.99 Å². The van der Waals surface area contributed by atoms with Crippen LogP contribution >= 0.6 is 0 Å². The molecule has 0 fully saturated rings. The molecule has 70 valence electrons. The molecule has 0 saturated heterocycles. The van der Waals surface area contributed by atoms with Gasteiger partial charge in [-0.25, -0.2) is 0 Å².